The van der Waals surface area contributed by atoms with Gasteiger partial charge in [0.05, 0.1) is 17.2 Å². The van der Waals surface area contributed by atoms with E-state index in [9.17, 15) is 14.3 Å². The van der Waals surface area contributed by atoms with Crippen molar-refractivity contribution < 1.29 is 23.8 Å². The van der Waals surface area contributed by atoms with Crippen molar-refractivity contribution in [2.75, 3.05) is 11.9 Å². The molecule has 162 valence electrons. The molecule has 0 spiro atoms. The second-order valence-electron chi connectivity index (χ2n) is 6.88. The van der Waals surface area contributed by atoms with Crippen LogP contribution in [0.4, 0.5) is 10.1 Å². The molecule has 0 fully saturated rings. The summed E-state index contributed by atoms with van der Waals surface area (Å²) in [6.45, 7) is 4.78. The van der Waals surface area contributed by atoms with Crippen LogP contribution in [-0.4, -0.2) is 17.7 Å². The molecule has 5 nitrogen and oxygen atoms in total. The van der Waals surface area contributed by atoms with Crippen LogP contribution in [0.3, 0.4) is 0 Å². The number of benzene rings is 3. The van der Waals surface area contributed by atoms with Crippen LogP contribution in [0.5, 0.6) is 11.5 Å². The van der Waals surface area contributed by atoms with Gasteiger partial charge in [-0.3, -0.25) is 0 Å². The smallest absolute Gasteiger partial charge is 0.336 e. The second-order valence-corrected chi connectivity index (χ2v) is 7.28. The highest BCUT2D eigenvalue weighted by molar-refractivity contribution is 6.31. The molecule has 0 radical (unpaired) electrons. The summed E-state index contributed by atoms with van der Waals surface area (Å²) in [6, 6.07) is 14.9. The number of ether oxygens (including phenoxy) is 2. The molecule has 0 bridgehead atoms. The summed E-state index contributed by atoms with van der Waals surface area (Å²) in [5.41, 5.74) is 3.31. The molecule has 3 aromatic rings. The van der Waals surface area contributed by atoms with Crippen LogP contribution >= 0.6 is 11.6 Å². The summed E-state index contributed by atoms with van der Waals surface area (Å²) in [4.78, 5) is 11.3. The molecule has 7 heteroatoms. The zero-order valence-electron chi connectivity index (χ0n) is 17.2. The summed E-state index contributed by atoms with van der Waals surface area (Å²) in [5.74, 6) is -0.224. The number of anilines is 1. The SMILES string of the molecule is CCOc1cc(CNc2cccc(C(=O)O)c2C)ccc1OCc1ccc(F)cc1Cl. The molecular formula is C24H23ClFNO4. The summed E-state index contributed by atoms with van der Waals surface area (Å²) in [5, 5.41) is 12.9. The first kappa shape index (κ1) is 22.4. The number of nitrogens with one attached hydrogen (secondary N) is 1. The van der Waals surface area contributed by atoms with Crippen molar-refractivity contribution in [2.24, 2.45) is 0 Å². The lowest BCUT2D eigenvalue weighted by molar-refractivity contribution is 0.0696. The van der Waals surface area contributed by atoms with Gasteiger partial charge in [0.1, 0.15) is 12.4 Å². The molecule has 3 aromatic carbocycles. The van der Waals surface area contributed by atoms with Gasteiger partial charge in [0.15, 0.2) is 11.5 Å². The molecule has 31 heavy (non-hydrogen) atoms. The molecule has 3 rings (SSSR count). The molecule has 2 N–H and O–H groups in total. The Labute approximate surface area is 185 Å². The van der Waals surface area contributed by atoms with Gasteiger partial charge in [-0.05, 0) is 61.4 Å². The van der Waals surface area contributed by atoms with Gasteiger partial charge in [0, 0.05) is 17.8 Å². The van der Waals surface area contributed by atoms with Crippen LogP contribution in [0.15, 0.2) is 54.6 Å². The maximum atomic E-state index is 13.2. The number of rotatable bonds is 9. The Bertz CT molecular complexity index is 1090. The van der Waals surface area contributed by atoms with Crippen LogP contribution < -0.4 is 14.8 Å². The van der Waals surface area contributed by atoms with E-state index in [1.807, 2.05) is 25.1 Å². The molecule has 0 unspecified atom stereocenters. The van der Waals surface area contributed by atoms with E-state index >= 15 is 0 Å². The van der Waals surface area contributed by atoms with Crippen molar-refractivity contribution in [3.05, 3.63) is 87.7 Å². The zero-order chi connectivity index (χ0) is 22.4. The third-order valence-corrected chi connectivity index (χ3v) is 5.11. The fourth-order valence-electron chi connectivity index (χ4n) is 3.10. The van der Waals surface area contributed by atoms with E-state index in [1.165, 1.54) is 12.1 Å². The number of halogens is 2. The number of aromatic carboxylic acids is 1. The molecule has 0 aliphatic rings. The number of carbonyl (C=O) groups is 1. The molecule has 0 saturated heterocycles. The Morgan fingerprint density at radius 3 is 2.61 bits per heavy atom. The largest absolute Gasteiger partial charge is 0.490 e. The quantitative estimate of drug-likeness (QED) is 0.419. The third-order valence-electron chi connectivity index (χ3n) is 4.75. The highest BCUT2D eigenvalue weighted by Crippen LogP contribution is 2.31. The van der Waals surface area contributed by atoms with Crippen molar-refractivity contribution in [3.8, 4) is 11.5 Å². The van der Waals surface area contributed by atoms with Gasteiger partial charge in [-0.2, -0.15) is 0 Å². The maximum Gasteiger partial charge on any atom is 0.336 e. The predicted octanol–water partition coefficient (Wildman–Crippen LogP) is 6.08. The highest BCUT2D eigenvalue weighted by atomic mass is 35.5. The van der Waals surface area contributed by atoms with Crippen LogP contribution in [0.1, 0.15) is 34.0 Å². The first-order chi connectivity index (χ1) is 14.9. The van der Waals surface area contributed by atoms with E-state index in [2.05, 4.69) is 5.32 Å². The van der Waals surface area contributed by atoms with Gasteiger partial charge in [-0.25, -0.2) is 9.18 Å². The van der Waals surface area contributed by atoms with Gasteiger partial charge < -0.3 is 19.9 Å². The van der Waals surface area contributed by atoms with Crippen LogP contribution in [-0.2, 0) is 13.2 Å². The van der Waals surface area contributed by atoms with Gasteiger partial charge in [-0.1, -0.05) is 29.8 Å². The normalized spacial score (nSPS) is 10.6. The summed E-state index contributed by atoms with van der Waals surface area (Å²) in [7, 11) is 0. The van der Waals surface area contributed by atoms with Crippen LogP contribution in [0, 0.1) is 12.7 Å². The van der Waals surface area contributed by atoms with E-state index in [1.54, 1.807) is 31.2 Å². The van der Waals surface area contributed by atoms with E-state index in [-0.39, 0.29) is 12.2 Å². The minimum atomic E-state index is -0.956. The van der Waals surface area contributed by atoms with E-state index < -0.39 is 11.8 Å². The topological polar surface area (TPSA) is 67.8 Å². The minimum absolute atomic E-state index is 0.179. The molecule has 0 amide bonds. The number of hydrogen-bond acceptors (Lipinski definition) is 4. The lowest BCUT2D eigenvalue weighted by atomic mass is 10.1. The average molecular weight is 444 g/mol. The Morgan fingerprint density at radius 2 is 1.90 bits per heavy atom. The Kier molecular flexibility index (Phi) is 7.36. The molecule has 0 aliphatic carbocycles. The van der Waals surface area contributed by atoms with Crippen molar-refractivity contribution in [1.29, 1.82) is 0 Å². The number of hydrogen-bond donors (Lipinski definition) is 2. The van der Waals surface area contributed by atoms with Gasteiger partial charge in [-0.15, -0.1) is 0 Å². The monoisotopic (exact) mass is 443 g/mol. The van der Waals surface area contributed by atoms with Crippen molar-refractivity contribution in [2.45, 2.75) is 27.0 Å². The van der Waals surface area contributed by atoms with E-state index in [0.29, 0.717) is 40.8 Å². The van der Waals surface area contributed by atoms with Gasteiger partial charge in [0.25, 0.3) is 0 Å². The Balaban J connectivity index is 1.73. The highest BCUT2D eigenvalue weighted by Gasteiger charge is 2.12. The lowest BCUT2D eigenvalue weighted by Crippen LogP contribution is -2.06. The third kappa shape index (κ3) is 5.67. The molecule has 0 saturated carbocycles. The predicted molar refractivity (Wildman–Crippen MR) is 119 cm³/mol. The Hall–Kier alpha value is -3.25. The van der Waals surface area contributed by atoms with Crippen LogP contribution in [0.2, 0.25) is 5.02 Å². The zero-order valence-corrected chi connectivity index (χ0v) is 18.0. The maximum absolute atomic E-state index is 13.2. The number of carboxylic acids is 1. The Morgan fingerprint density at radius 1 is 1.10 bits per heavy atom. The first-order valence-corrected chi connectivity index (χ1v) is 10.2. The average Bonchev–Trinajstić information content (AvgIpc) is 2.73. The van der Waals surface area contributed by atoms with Crippen molar-refractivity contribution in [1.82, 2.24) is 0 Å². The van der Waals surface area contributed by atoms with Crippen molar-refractivity contribution in [3.63, 3.8) is 0 Å². The minimum Gasteiger partial charge on any atom is -0.490 e. The first-order valence-electron chi connectivity index (χ1n) is 9.78. The van der Waals surface area contributed by atoms with Crippen LogP contribution in [0.25, 0.3) is 0 Å². The van der Waals surface area contributed by atoms with E-state index in [0.717, 1.165) is 11.3 Å². The van der Waals surface area contributed by atoms with Gasteiger partial charge in [0.2, 0.25) is 0 Å². The summed E-state index contributed by atoms with van der Waals surface area (Å²) >= 11 is 6.07. The van der Waals surface area contributed by atoms with E-state index in [4.69, 9.17) is 21.1 Å². The fourth-order valence-corrected chi connectivity index (χ4v) is 3.32. The molecule has 0 aromatic heterocycles. The molecule has 0 atom stereocenters. The second kappa shape index (κ2) is 10.2. The fraction of sp³-hybridized carbons (Fsp3) is 0.208. The molecular weight excluding hydrogens is 421 g/mol. The van der Waals surface area contributed by atoms with Gasteiger partial charge >= 0.3 is 5.97 Å². The van der Waals surface area contributed by atoms with Crippen molar-refractivity contribution >= 4 is 23.3 Å². The standard InChI is InChI=1S/C24H23ClFNO4/c1-3-30-23-11-16(13-27-21-6-4-5-19(15(21)2)24(28)29)7-10-22(23)31-14-17-8-9-18(26)12-20(17)25/h4-12,27H,3,13-14H2,1-2H3,(H,28,29). The molecule has 0 aliphatic heterocycles. The molecule has 0 heterocycles. The summed E-state index contributed by atoms with van der Waals surface area (Å²) in [6.07, 6.45) is 0. The lowest BCUT2D eigenvalue weighted by Gasteiger charge is -2.15. The summed E-state index contributed by atoms with van der Waals surface area (Å²) < 4.78 is 24.8. The number of carboxylic acid groups (broad SMARTS) is 1.